The predicted octanol–water partition coefficient (Wildman–Crippen LogP) is 3.05. The van der Waals surface area contributed by atoms with Crippen molar-refractivity contribution < 1.29 is 9.90 Å². The molecule has 7 heteroatoms. The number of aromatic hydroxyl groups is 1. The van der Waals surface area contributed by atoms with Gasteiger partial charge in [0.05, 0.1) is 12.8 Å². The number of carbonyl (C=O) groups excluding carboxylic acids is 1. The molecular formula is C18H15ClN4O2. The second kappa shape index (κ2) is 7.63. The zero-order valence-electron chi connectivity index (χ0n) is 13.1. The van der Waals surface area contributed by atoms with Gasteiger partial charge in [-0.3, -0.25) is 9.48 Å². The second-order valence-corrected chi connectivity index (χ2v) is 5.74. The second-order valence-electron chi connectivity index (χ2n) is 5.31. The van der Waals surface area contributed by atoms with E-state index in [0.29, 0.717) is 22.7 Å². The molecule has 0 fully saturated rings. The first-order chi connectivity index (χ1) is 12.1. The number of phenolic OH excluding ortho intramolecular Hbond substituents is 1. The summed E-state index contributed by atoms with van der Waals surface area (Å²) in [5.41, 5.74) is 4.29. The Labute approximate surface area is 149 Å². The molecule has 0 saturated heterocycles. The zero-order valence-corrected chi connectivity index (χ0v) is 13.9. The smallest absolute Gasteiger partial charge is 0.271 e. The normalized spacial score (nSPS) is 10.9. The molecule has 0 spiro atoms. The number of phenols is 1. The van der Waals surface area contributed by atoms with Crippen LogP contribution in [-0.4, -0.2) is 27.0 Å². The van der Waals surface area contributed by atoms with Crippen LogP contribution in [0.15, 0.2) is 66.0 Å². The molecule has 0 aliphatic heterocycles. The van der Waals surface area contributed by atoms with E-state index in [2.05, 4.69) is 15.6 Å². The van der Waals surface area contributed by atoms with Gasteiger partial charge in [-0.05, 0) is 42.0 Å². The fraction of sp³-hybridized carbons (Fsp3) is 0.0556. The molecule has 0 bridgehead atoms. The number of hydrazone groups is 1. The molecular weight excluding hydrogens is 340 g/mol. The highest BCUT2D eigenvalue weighted by Crippen LogP contribution is 2.19. The molecule has 1 aromatic heterocycles. The van der Waals surface area contributed by atoms with Gasteiger partial charge in [0, 0.05) is 28.5 Å². The Morgan fingerprint density at radius 3 is 2.96 bits per heavy atom. The number of hydrogen-bond acceptors (Lipinski definition) is 4. The lowest BCUT2D eigenvalue weighted by Gasteiger charge is -2.05. The predicted molar refractivity (Wildman–Crippen MR) is 95.9 cm³/mol. The van der Waals surface area contributed by atoms with Crippen LogP contribution < -0.4 is 5.43 Å². The number of carbonyl (C=O) groups is 1. The Kier molecular flexibility index (Phi) is 5.11. The van der Waals surface area contributed by atoms with Crippen molar-refractivity contribution in [1.82, 2.24) is 15.2 Å². The SMILES string of the molecule is O=C(NN=Cc1cc(Cl)ccc1O)c1cccc(Cn2cccn2)c1. The summed E-state index contributed by atoms with van der Waals surface area (Å²) in [6.07, 6.45) is 4.90. The van der Waals surface area contributed by atoms with Crippen molar-refractivity contribution in [2.75, 3.05) is 0 Å². The van der Waals surface area contributed by atoms with Crippen LogP contribution in [0.4, 0.5) is 0 Å². The van der Waals surface area contributed by atoms with Crippen molar-refractivity contribution in [3.63, 3.8) is 0 Å². The first-order valence-electron chi connectivity index (χ1n) is 7.50. The van der Waals surface area contributed by atoms with Crippen LogP contribution >= 0.6 is 11.6 Å². The third kappa shape index (κ3) is 4.45. The molecule has 0 radical (unpaired) electrons. The summed E-state index contributed by atoms with van der Waals surface area (Å²) in [4.78, 5) is 12.2. The first kappa shape index (κ1) is 16.7. The average Bonchev–Trinajstić information content (AvgIpc) is 3.11. The van der Waals surface area contributed by atoms with E-state index in [1.54, 1.807) is 41.2 Å². The first-order valence-corrected chi connectivity index (χ1v) is 7.88. The highest BCUT2D eigenvalue weighted by molar-refractivity contribution is 6.30. The fourth-order valence-electron chi connectivity index (χ4n) is 2.25. The van der Waals surface area contributed by atoms with Crippen molar-refractivity contribution in [2.24, 2.45) is 5.10 Å². The highest BCUT2D eigenvalue weighted by Gasteiger charge is 2.06. The lowest BCUT2D eigenvalue weighted by Crippen LogP contribution is -2.18. The van der Waals surface area contributed by atoms with E-state index in [0.717, 1.165) is 5.56 Å². The van der Waals surface area contributed by atoms with Gasteiger partial charge in [0.15, 0.2) is 0 Å². The van der Waals surface area contributed by atoms with E-state index < -0.39 is 0 Å². The molecule has 2 N–H and O–H groups in total. The molecule has 0 saturated carbocycles. The molecule has 2 aromatic carbocycles. The Morgan fingerprint density at radius 2 is 2.16 bits per heavy atom. The number of rotatable bonds is 5. The lowest BCUT2D eigenvalue weighted by molar-refractivity contribution is 0.0955. The van der Waals surface area contributed by atoms with E-state index in [1.807, 2.05) is 18.3 Å². The third-order valence-electron chi connectivity index (χ3n) is 3.45. The van der Waals surface area contributed by atoms with Crippen molar-refractivity contribution in [2.45, 2.75) is 6.54 Å². The molecule has 25 heavy (non-hydrogen) atoms. The van der Waals surface area contributed by atoms with Gasteiger partial charge in [0.2, 0.25) is 0 Å². The molecule has 126 valence electrons. The maximum atomic E-state index is 12.2. The number of nitrogens with one attached hydrogen (secondary N) is 1. The van der Waals surface area contributed by atoms with Crippen molar-refractivity contribution in [3.8, 4) is 5.75 Å². The molecule has 0 atom stereocenters. The summed E-state index contributed by atoms with van der Waals surface area (Å²) in [6, 6.07) is 13.6. The van der Waals surface area contributed by atoms with Gasteiger partial charge in [-0.25, -0.2) is 5.43 Å². The fourth-order valence-corrected chi connectivity index (χ4v) is 2.43. The summed E-state index contributed by atoms with van der Waals surface area (Å²) >= 11 is 5.86. The van der Waals surface area contributed by atoms with E-state index in [4.69, 9.17) is 11.6 Å². The van der Waals surface area contributed by atoms with Crippen LogP contribution in [0, 0.1) is 0 Å². The molecule has 1 heterocycles. The quantitative estimate of drug-likeness (QED) is 0.546. The van der Waals surface area contributed by atoms with Crippen LogP contribution in [0.5, 0.6) is 5.75 Å². The van der Waals surface area contributed by atoms with Gasteiger partial charge in [0.25, 0.3) is 5.91 Å². The topological polar surface area (TPSA) is 79.5 Å². The van der Waals surface area contributed by atoms with E-state index in [1.165, 1.54) is 12.3 Å². The summed E-state index contributed by atoms with van der Waals surface area (Å²) in [6.45, 7) is 0.577. The number of amides is 1. The molecule has 1 amide bonds. The van der Waals surface area contributed by atoms with Crippen LogP contribution in [0.1, 0.15) is 21.5 Å². The average molecular weight is 355 g/mol. The summed E-state index contributed by atoms with van der Waals surface area (Å²) in [7, 11) is 0. The molecule has 0 unspecified atom stereocenters. The number of halogens is 1. The minimum atomic E-state index is -0.347. The summed E-state index contributed by atoms with van der Waals surface area (Å²) < 4.78 is 1.77. The van der Waals surface area contributed by atoms with Crippen molar-refractivity contribution >= 4 is 23.7 Å². The highest BCUT2D eigenvalue weighted by atomic mass is 35.5. The van der Waals surface area contributed by atoms with E-state index in [-0.39, 0.29) is 11.7 Å². The molecule has 0 aliphatic rings. The molecule has 3 rings (SSSR count). The number of aromatic nitrogens is 2. The Bertz CT molecular complexity index is 907. The Hall–Kier alpha value is -3.12. The van der Waals surface area contributed by atoms with Gasteiger partial charge in [-0.15, -0.1) is 0 Å². The molecule has 0 aliphatic carbocycles. The van der Waals surface area contributed by atoms with Crippen molar-refractivity contribution in [3.05, 3.63) is 82.6 Å². The maximum Gasteiger partial charge on any atom is 0.271 e. The zero-order chi connectivity index (χ0) is 17.6. The maximum absolute atomic E-state index is 12.2. The Morgan fingerprint density at radius 1 is 1.28 bits per heavy atom. The van der Waals surface area contributed by atoms with E-state index >= 15 is 0 Å². The number of hydrogen-bond donors (Lipinski definition) is 2. The van der Waals surface area contributed by atoms with Crippen molar-refractivity contribution in [1.29, 1.82) is 0 Å². The van der Waals surface area contributed by atoms with Crippen LogP contribution in [0.3, 0.4) is 0 Å². The monoisotopic (exact) mass is 354 g/mol. The van der Waals surface area contributed by atoms with Gasteiger partial charge < -0.3 is 5.11 Å². The minimum Gasteiger partial charge on any atom is -0.507 e. The standard InChI is InChI=1S/C18H15ClN4O2/c19-16-5-6-17(24)15(10-16)11-20-22-18(25)14-4-1-3-13(9-14)12-23-8-2-7-21-23/h1-11,24H,12H2,(H,22,25). The molecule has 6 nitrogen and oxygen atoms in total. The van der Waals surface area contributed by atoms with Gasteiger partial charge >= 0.3 is 0 Å². The summed E-state index contributed by atoms with van der Waals surface area (Å²) in [5, 5.41) is 18.2. The van der Waals surface area contributed by atoms with E-state index in [9.17, 15) is 9.90 Å². The van der Waals surface area contributed by atoms with Crippen LogP contribution in [0.25, 0.3) is 0 Å². The lowest BCUT2D eigenvalue weighted by atomic mass is 10.1. The summed E-state index contributed by atoms with van der Waals surface area (Å²) in [5.74, 6) is -0.316. The van der Waals surface area contributed by atoms with Crippen LogP contribution in [-0.2, 0) is 6.54 Å². The third-order valence-corrected chi connectivity index (χ3v) is 3.69. The minimum absolute atomic E-state index is 0.0311. The van der Waals surface area contributed by atoms with Gasteiger partial charge in [-0.1, -0.05) is 23.7 Å². The van der Waals surface area contributed by atoms with Crippen LogP contribution in [0.2, 0.25) is 5.02 Å². The number of benzene rings is 2. The Balaban J connectivity index is 1.67. The van der Waals surface area contributed by atoms with Gasteiger partial charge in [-0.2, -0.15) is 10.2 Å². The largest absolute Gasteiger partial charge is 0.507 e. The van der Waals surface area contributed by atoms with Gasteiger partial charge in [0.1, 0.15) is 5.75 Å². The number of nitrogens with zero attached hydrogens (tertiary/aromatic N) is 3. The molecule has 3 aromatic rings.